The number of aliphatic imine (C=N–C) groups is 1. The highest BCUT2D eigenvalue weighted by molar-refractivity contribution is 5.87. The largest absolute Gasteiger partial charge is 0.513 e. The molecule has 3 nitrogen and oxygen atoms in total. The number of aliphatic hydroxyl groups excluding tert-OH is 1. The molecule has 1 unspecified atom stereocenters. The second-order valence-corrected chi connectivity index (χ2v) is 5.99. The van der Waals surface area contributed by atoms with Crippen LogP contribution in [0.5, 0.6) is 0 Å². The highest BCUT2D eigenvalue weighted by Gasteiger charge is 2.34. The number of aliphatic hydroxyl groups is 1. The molecular weight excluding hydrogens is 274 g/mol. The minimum Gasteiger partial charge on any atom is -0.513 e. The van der Waals surface area contributed by atoms with Crippen molar-refractivity contribution >= 4 is 5.90 Å². The van der Waals surface area contributed by atoms with E-state index in [1.165, 1.54) is 0 Å². The Hall–Kier alpha value is -2.29. The van der Waals surface area contributed by atoms with E-state index in [0.29, 0.717) is 12.5 Å². The molecule has 0 fully saturated rings. The predicted octanol–water partition coefficient (Wildman–Crippen LogP) is 4.76. The van der Waals surface area contributed by atoms with Gasteiger partial charge in [-0.1, -0.05) is 49.1 Å². The topological polar surface area (TPSA) is 41.8 Å². The van der Waals surface area contributed by atoms with Crippen molar-refractivity contribution in [1.82, 2.24) is 0 Å². The van der Waals surface area contributed by atoms with Crippen LogP contribution < -0.4 is 0 Å². The fraction of sp³-hybridized carbons (Fsp3) is 0.316. The lowest BCUT2D eigenvalue weighted by Crippen LogP contribution is -2.25. The Morgan fingerprint density at radius 2 is 2.05 bits per heavy atom. The van der Waals surface area contributed by atoms with Crippen LogP contribution in [-0.4, -0.2) is 17.6 Å². The number of rotatable bonds is 5. The molecule has 0 saturated carbocycles. The Labute approximate surface area is 132 Å². The summed E-state index contributed by atoms with van der Waals surface area (Å²) >= 11 is 0. The van der Waals surface area contributed by atoms with Gasteiger partial charge in [0.2, 0.25) is 0 Å². The zero-order valence-electron chi connectivity index (χ0n) is 13.4. The summed E-state index contributed by atoms with van der Waals surface area (Å²) in [7, 11) is 0. The van der Waals surface area contributed by atoms with Gasteiger partial charge in [-0.15, -0.1) is 0 Å². The molecule has 0 saturated heterocycles. The monoisotopic (exact) mass is 297 g/mol. The molecule has 0 aliphatic carbocycles. The summed E-state index contributed by atoms with van der Waals surface area (Å²) in [6.07, 6.45) is 5.29. The van der Waals surface area contributed by atoms with Crippen LogP contribution in [-0.2, 0) is 4.74 Å². The van der Waals surface area contributed by atoms with Crippen molar-refractivity contribution in [2.24, 2.45) is 10.4 Å². The average Bonchev–Trinajstić information content (AvgIpc) is 2.98. The summed E-state index contributed by atoms with van der Waals surface area (Å²) in [5, 5.41) is 9.17. The SMILES string of the molecule is C=C(/C=C\C=C(/C)O)C(C)(C)C1=NC(c2ccccc2)CO1. The van der Waals surface area contributed by atoms with Crippen LogP contribution >= 0.6 is 0 Å². The van der Waals surface area contributed by atoms with Crippen molar-refractivity contribution in [3.05, 3.63) is 72.0 Å². The lowest BCUT2D eigenvalue weighted by atomic mass is 9.84. The number of allylic oxidation sites excluding steroid dienone is 4. The Balaban J connectivity index is 2.14. The third kappa shape index (κ3) is 3.67. The van der Waals surface area contributed by atoms with Gasteiger partial charge in [0.15, 0.2) is 5.90 Å². The van der Waals surface area contributed by atoms with Gasteiger partial charge in [-0.3, -0.25) is 0 Å². The molecule has 3 heteroatoms. The first-order valence-corrected chi connectivity index (χ1v) is 7.40. The van der Waals surface area contributed by atoms with E-state index in [0.717, 1.165) is 11.1 Å². The summed E-state index contributed by atoms with van der Waals surface area (Å²) in [6, 6.07) is 10.2. The van der Waals surface area contributed by atoms with E-state index in [-0.39, 0.29) is 17.2 Å². The average molecular weight is 297 g/mol. The third-order valence-corrected chi connectivity index (χ3v) is 3.81. The van der Waals surface area contributed by atoms with E-state index >= 15 is 0 Å². The molecule has 0 aromatic heterocycles. The van der Waals surface area contributed by atoms with Gasteiger partial charge in [-0.05, 0) is 38.0 Å². The van der Waals surface area contributed by atoms with Crippen LogP contribution in [0.1, 0.15) is 32.4 Å². The van der Waals surface area contributed by atoms with E-state index in [1.807, 2.05) is 38.1 Å². The lowest BCUT2D eigenvalue weighted by Gasteiger charge is -2.24. The maximum absolute atomic E-state index is 9.17. The maximum Gasteiger partial charge on any atom is 0.194 e. The number of benzene rings is 1. The Morgan fingerprint density at radius 1 is 1.36 bits per heavy atom. The van der Waals surface area contributed by atoms with Crippen LogP contribution in [0, 0.1) is 5.41 Å². The van der Waals surface area contributed by atoms with Crippen molar-refractivity contribution in [3.8, 4) is 0 Å². The predicted molar refractivity (Wildman–Crippen MR) is 91.0 cm³/mol. The van der Waals surface area contributed by atoms with Gasteiger partial charge in [0.25, 0.3) is 0 Å². The van der Waals surface area contributed by atoms with Gasteiger partial charge in [0.1, 0.15) is 12.6 Å². The molecule has 2 rings (SSSR count). The van der Waals surface area contributed by atoms with Crippen molar-refractivity contribution in [3.63, 3.8) is 0 Å². The van der Waals surface area contributed by atoms with E-state index in [2.05, 4.69) is 18.7 Å². The molecule has 1 atom stereocenters. The summed E-state index contributed by atoms with van der Waals surface area (Å²) in [5.74, 6) is 0.973. The summed E-state index contributed by atoms with van der Waals surface area (Å²) in [6.45, 7) is 10.4. The van der Waals surface area contributed by atoms with Gasteiger partial charge < -0.3 is 9.84 Å². The fourth-order valence-corrected chi connectivity index (χ4v) is 2.21. The highest BCUT2D eigenvalue weighted by Crippen LogP contribution is 2.34. The zero-order valence-corrected chi connectivity index (χ0v) is 13.4. The quantitative estimate of drug-likeness (QED) is 0.629. The summed E-state index contributed by atoms with van der Waals surface area (Å²) in [5.41, 5.74) is 1.67. The van der Waals surface area contributed by atoms with Gasteiger partial charge >= 0.3 is 0 Å². The smallest absolute Gasteiger partial charge is 0.194 e. The molecule has 1 aliphatic rings. The van der Waals surface area contributed by atoms with E-state index in [1.54, 1.807) is 19.1 Å². The molecular formula is C19H23NO2. The molecule has 0 radical (unpaired) electrons. The standard InChI is InChI=1S/C19H23NO2/c1-14(9-8-10-15(2)21)19(3,4)18-20-17(13-22-18)16-11-6-5-7-12-16/h5-12,17,21H,1,13H2,2-4H3/b9-8-,15-10+. The number of ether oxygens (including phenoxy) is 1. The van der Waals surface area contributed by atoms with E-state index in [4.69, 9.17) is 9.73 Å². The van der Waals surface area contributed by atoms with Crippen LogP contribution in [0.15, 0.2) is 71.5 Å². The van der Waals surface area contributed by atoms with Crippen LogP contribution in [0.3, 0.4) is 0 Å². The fourth-order valence-electron chi connectivity index (χ4n) is 2.21. The van der Waals surface area contributed by atoms with Gasteiger partial charge in [-0.25, -0.2) is 4.99 Å². The number of hydrogen-bond donors (Lipinski definition) is 1. The number of hydrogen-bond acceptors (Lipinski definition) is 3. The second kappa shape index (κ2) is 6.65. The molecule has 1 aliphatic heterocycles. The van der Waals surface area contributed by atoms with Crippen LogP contribution in [0.25, 0.3) is 0 Å². The molecule has 22 heavy (non-hydrogen) atoms. The minimum absolute atomic E-state index is 0.0480. The first-order chi connectivity index (χ1) is 10.4. The normalized spacial score (nSPS) is 19.1. The molecule has 1 heterocycles. The van der Waals surface area contributed by atoms with E-state index in [9.17, 15) is 5.11 Å². The molecule has 116 valence electrons. The molecule has 0 spiro atoms. The zero-order chi connectivity index (χ0) is 16.2. The van der Waals surface area contributed by atoms with Crippen molar-refractivity contribution in [2.75, 3.05) is 6.61 Å². The van der Waals surface area contributed by atoms with Gasteiger partial charge in [-0.2, -0.15) is 0 Å². The van der Waals surface area contributed by atoms with Crippen molar-refractivity contribution < 1.29 is 9.84 Å². The second-order valence-electron chi connectivity index (χ2n) is 5.99. The first kappa shape index (κ1) is 16.1. The number of nitrogens with zero attached hydrogens (tertiary/aromatic N) is 1. The lowest BCUT2D eigenvalue weighted by molar-refractivity contribution is 0.289. The van der Waals surface area contributed by atoms with Crippen molar-refractivity contribution in [1.29, 1.82) is 0 Å². The first-order valence-electron chi connectivity index (χ1n) is 7.40. The van der Waals surface area contributed by atoms with Gasteiger partial charge in [0.05, 0.1) is 11.2 Å². The molecule has 1 aromatic rings. The summed E-state index contributed by atoms with van der Waals surface area (Å²) < 4.78 is 5.82. The molecule has 1 N–H and O–H groups in total. The Kier molecular flexibility index (Phi) is 4.86. The summed E-state index contributed by atoms with van der Waals surface area (Å²) in [4.78, 5) is 4.73. The Morgan fingerprint density at radius 3 is 2.68 bits per heavy atom. The van der Waals surface area contributed by atoms with E-state index < -0.39 is 0 Å². The highest BCUT2D eigenvalue weighted by atomic mass is 16.5. The molecule has 0 amide bonds. The van der Waals surface area contributed by atoms with Crippen LogP contribution in [0.4, 0.5) is 0 Å². The maximum atomic E-state index is 9.17. The molecule has 1 aromatic carbocycles. The van der Waals surface area contributed by atoms with Crippen molar-refractivity contribution in [2.45, 2.75) is 26.8 Å². The molecule has 0 bridgehead atoms. The Bertz CT molecular complexity index is 620. The minimum atomic E-state index is -0.378. The third-order valence-electron chi connectivity index (χ3n) is 3.81. The van der Waals surface area contributed by atoms with Gasteiger partial charge in [0, 0.05) is 0 Å². The van der Waals surface area contributed by atoms with Crippen LogP contribution in [0.2, 0.25) is 0 Å².